The molecule has 172 valence electrons. The minimum Gasteiger partial charge on any atom is -0.358 e. The topological polar surface area (TPSA) is 79.8 Å². The molecule has 0 aromatic carbocycles. The number of hydrogen-bond donors (Lipinski definition) is 1. The second-order valence-corrected chi connectivity index (χ2v) is 8.34. The standard InChI is InChI=1S/C22H22F3N7O/c1-30(20-4-2-3-18-28-17(12-32(18)20)22(23,24)25)16-7-5-15(6-8-16)27-21(33)14-9-10-31-13-26-29-19(31)11-14/h2-4,9-13,15-16H,5-8H2,1H3,(H,27,33). The number of hydrogen-bond acceptors (Lipinski definition) is 5. The Morgan fingerprint density at radius 2 is 1.94 bits per heavy atom. The van der Waals surface area contributed by atoms with Crippen LogP contribution in [0.5, 0.6) is 0 Å². The number of imidazole rings is 1. The van der Waals surface area contributed by atoms with Gasteiger partial charge in [0.2, 0.25) is 0 Å². The highest BCUT2D eigenvalue weighted by Gasteiger charge is 2.34. The molecule has 1 aliphatic carbocycles. The molecule has 33 heavy (non-hydrogen) atoms. The predicted octanol–water partition coefficient (Wildman–Crippen LogP) is 3.57. The lowest BCUT2D eigenvalue weighted by atomic mass is 9.90. The minimum atomic E-state index is -4.49. The van der Waals surface area contributed by atoms with Crippen LogP contribution in [0.4, 0.5) is 19.0 Å². The molecule has 0 atom stereocenters. The van der Waals surface area contributed by atoms with Crippen LogP contribution in [0.2, 0.25) is 0 Å². The van der Waals surface area contributed by atoms with Gasteiger partial charge in [-0.25, -0.2) is 4.98 Å². The Labute approximate surface area is 187 Å². The van der Waals surface area contributed by atoms with Gasteiger partial charge < -0.3 is 10.2 Å². The van der Waals surface area contributed by atoms with E-state index in [0.29, 0.717) is 17.0 Å². The van der Waals surface area contributed by atoms with Crippen LogP contribution in [0.15, 0.2) is 49.1 Å². The first-order valence-electron chi connectivity index (χ1n) is 10.7. The van der Waals surface area contributed by atoms with Gasteiger partial charge in [-0.2, -0.15) is 13.2 Å². The molecular weight excluding hydrogens is 435 g/mol. The van der Waals surface area contributed by atoms with Gasteiger partial charge in [0.05, 0.1) is 0 Å². The molecule has 0 bridgehead atoms. The van der Waals surface area contributed by atoms with Gasteiger partial charge in [0.25, 0.3) is 5.91 Å². The molecule has 8 nitrogen and oxygen atoms in total. The Morgan fingerprint density at radius 1 is 1.15 bits per heavy atom. The van der Waals surface area contributed by atoms with Gasteiger partial charge in [0.1, 0.15) is 17.8 Å². The van der Waals surface area contributed by atoms with E-state index in [1.807, 2.05) is 11.9 Å². The summed E-state index contributed by atoms with van der Waals surface area (Å²) >= 11 is 0. The highest BCUT2D eigenvalue weighted by molar-refractivity contribution is 5.95. The number of carbonyl (C=O) groups excluding carboxylic acids is 1. The van der Waals surface area contributed by atoms with Crippen molar-refractivity contribution in [1.82, 2.24) is 29.3 Å². The number of halogens is 3. The largest absolute Gasteiger partial charge is 0.434 e. The van der Waals surface area contributed by atoms with Crippen LogP contribution in [0.3, 0.4) is 0 Å². The third kappa shape index (κ3) is 4.10. The van der Waals surface area contributed by atoms with Crippen molar-refractivity contribution >= 4 is 23.0 Å². The van der Waals surface area contributed by atoms with E-state index in [2.05, 4.69) is 20.5 Å². The molecule has 5 rings (SSSR count). The molecule has 1 N–H and O–H groups in total. The maximum atomic E-state index is 13.1. The molecule has 1 aliphatic rings. The summed E-state index contributed by atoms with van der Waals surface area (Å²) in [5.74, 6) is 0.504. The molecule has 0 saturated heterocycles. The average Bonchev–Trinajstić information content (AvgIpc) is 3.45. The molecule has 0 radical (unpaired) electrons. The third-order valence-corrected chi connectivity index (χ3v) is 6.26. The van der Waals surface area contributed by atoms with Crippen LogP contribution < -0.4 is 10.2 Å². The zero-order chi connectivity index (χ0) is 23.2. The quantitative estimate of drug-likeness (QED) is 0.507. The van der Waals surface area contributed by atoms with Crippen molar-refractivity contribution in [2.75, 3.05) is 11.9 Å². The Hall–Kier alpha value is -3.63. The number of amides is 1. The number of anilines is 1. The summed E-state index contributed by atoms with van der Waals surface area (Å²) in [4.78, 5) is 18.4. The number of fused-ring (bicyclic) bond motifs is 2. The lowest BCUT2D eigenvalue weighted by molar-refractivity contribution is -0.140. The molecule has 0 spiro atoms. The number of aromatic nitrogens is 5. The molecule has 4 aromatic heterocycles. The van der Waals surface area contributed by atoms with Gasteiger partial charge in [-0.1, -0.05) is 6.07 Å². The second-order valence-electron chi connectivity index (χ2n) is 8.34. The minimum absolute atomic E-state index is 0.0390. The fourth-order valence-corrected chi connectivity index (χ4v) is 4.44. The second kappa shape index (κ2) is 8.05. The third-order valence-electron chi connectivity index (χ3n) is 6.26. The SMILES string of the molecule is CN(c1cccc2nc(C(F)(F)F)cn12)C1CCC(NC(=O)c2ccn3cnnc3c2)CC1. The smallest absolute Gasteiger partial charge is 0.358 e. The first kappa shape index (κ1) is 21.2. The first-order valence-corrected chi connectivity index (χ1v) is 10.7. The van der Waals surface area contributed by atoms with E-state index in [1.54, 1.807) is 47.3 Å². The van der Waals surface area contributed by atoms with Crippen LogP contribution in [-0.4, -0.2) is 49.0 Å². The molecule has 1 saturated carbocycles. The lowest BCUT2D eigenvalue weighted by Crippen LogP contribution is -2.43. The highest BCUT2D eigenvalue weighted by Crippen LogP contribution is 2.31. The molecule has 0 aliphatic heterocycles. The van der Waals surface area contributed by atoms with Gasteiger partial charge in [-0.15, -0.1) is 10.2 Å². The van der Waals surface area contributed by atoms with Crippen LogP contribution in [0.1, 0.15) is 41.7 Å². The number of nitrogens with one attached hydrogen (secondary N) is 1. The van der Waals surface area contributed by atoms with Gasteiger partial charge in [0.15, 0.2) is 11.3 Å². The average molecular weight is 457 g/mol. The summed E-state index contributed by atoms with van der Waals surface area (Å²) in [6.45, 7) is 0. The van der Waals surface area contributed by atoms with Crippen molar-refractivity contribution in [3.8, 4) is 0 Å². The summed E-state index contributed by atoms with van der Waals surface area (Å²) in [6, 6.07) is 8.69. The summed E-state index contributed by atoms with van der Waals surface area (Å²) in [6.07, 6.45) is 3.04. The maximum absolute atomic E-state index is 13.1. The zero-order valence-corrected chi connectivity index (χ0v) is 17.8. The van der Waals surface area contributed by atoms with Gasteiger partial charge >= 0.3 is 6.18 Å². The monoisotopic (exact) mass is 457 g/mol. The Balaban J connectivity index is 1.24. The lowest BCUT2D eigenvalue weighted by Gasteiger charge is -2.36. The van der Waals surface area contributed by atoms with Crippen LogP contribution in [0, 0.1) is 0 Å². The Bertz CT molecular complexity index is 1300. The van der Waals surface area contributed by atoms with E-state index in [1.165, 1.54) is 4.40 Å². The van der Waals surface area contributed by atoms with Crippen molar-refractivity contribution in [3.63, 3.8) is 0 Å². The van der Waals surface area contributed by atoms with Crippen molar-refractivity contribution in [3.05, 3.63) is 60.3 Å². The molecule has 4 heterocycles. The Kier molecular flexibility index (Phi) is 5.18. The summed E-state index contributed by atoms with van der Waals surface area (Å²) in [5.41, 5.74) is 0.494. The van der Waals surface area contributed by atoms with Crippen molar-refractivity contribution in [2.45, 2.75) is 43.9 Å². The summed E-state index contributed by atoms with van der Waals surface area (Å²) in [5, 5.41) is 10.9. The van der Waals surface area contributed by atoms with E-state index in [9.17, 15) is 18.0 Å². The summed E-state index contributed by atoms with van der Waals surface area (Å²) in [7, 11) is 1.89. The fraction of sp³-hybridized carbons (Fsp3) is 0.364. The van der Waals surface area contributed by atoms with Crippen LogP contribution in [-0.2, 0) is 6.18 Å². The van der Waals surface area contributed by atoms with E-state index >= 15 is 0 Å². The van der Waals surface area contributed by atoms with E-state index in [4.69, 9.17) is 0 Å². The molecule has 4 aromatic rings. The highest BCUT2D eigenvalue weighted by atomic mass is 19.4. The molecule has 1 amide bonds. The Morgan fingerprint density at radius 3 is 2.70 bits per heavy atom. The van der Waals surface area contributed by atoms with Gasteiger partial charge in [-0.05, 0) is 49.9 Å². The van der Waals surface area contributed by atoms with Crippen molar-refractivity contribution in [2.24, 2.45) is 0 Å². The van der Waals surface area contributed by atoms with E-state index in [-0.39, 0.29) is 23.6 Å². The number of alkyl halides is 3. The normalized spacial score (nSPS) is 19.2. The van der Waals surface area contributed by atoms with E-state index in [0.717, 1.165) is 31.9 Å². The number of carbonyl (C=O) groups is 1. The molecular formula is C22H22F3N7O. The maximum Gasteiger partial charge on any atom is 0.434 e. The van der Waals surface area contributed by atoms with Gasteiger partial charge in [-0.3, -0.25) is 13.6 Å². The van der Waals surface area contributed by atoms with E-state index < -0.39 is 11.9 Å². The van der Waals surface area contributed by atoms with Crippen LogP contribution in [0.25, 0.3) is 11.3 Å². The van der Waals surface area contributed by atoms with Crippen LogP contribution >= 0.6 is 0 Å². The number of pyridine rings is 2. The number of nitrogens with zero attached hydrogens (tertiary/aromatic N) is 6. The first-order chi connectivity index (χ1) is 15.8. The molecule has 1 fully saturated rings. The predicted molar refractivity (Wildman–Crippen MR) is 115 cm³/mol. The zero-order valence-electron chi connectivity index (χ0n) is 17.8. The van der Waals surface area contributed by atoms with Crippen molar-refractivity contribution < 1.29 is 18.0 Å². The molecule has 11 heteroatoms. The van der Waals surface area contributed by atoms with Crippen molar-refractivity contribution in [1.29, 1.82) is 0 Å². The fourth-order valence-electron chi connectivity index (χ4n) is 4.44. The molecule has 0 unspecified atom stereocenters. The number of rotatable bonds is 4. The van der Waals surface area contributed by atoms with Gasteiger partial charge in [0, 0.05) is 37.1 Å². The summed E-state index contributed by atoms with van der Waals surface area (Å²) < 4.78 is 42.6.